The zero-order chi connectivity index (χ0) is 16.5. The van der Waals surface area contributed by atoms with E-state index in [0.717, 1.165) is 63.3 Å². The molecule has 2 aromatic heterocycles. The minimum Gasteiger partial charge on any atom is -0.392 e. The number of fused-ring (bicyclic) bond motifs is 1. The predicted octanol–water partition coefficient (Wildman–Crippen LogP) is 2.26. The van der Waals surface area contributed by atoms with E-state index in [9.17, 15) is 5.11 Å². The van der Waals surface area contributed by atoms with Crippen LogP contribution in [0.2, 0.25) is 0 Å². The van der Waals surface area contributed by atoms with E-state index in [2.05, 4.69) is 34.4 Å². The van der Waals surface area contributed by atoms with Crippen LogP contribution < -0.4 is 5.32 Å². The third-order valence-electron chi connectivity index (χ3n) is 5.10. The molecule has 1 fully saturated rings. The van der Waals surface area contributed by atoms with Crippen molar-refractivity contribution in [3.05, 3.63) is 38.9 Å². The number of β-amino-alcohol motifs (C(OH)–C–C–N with tert-alkyl or cyclic N) is 1. The van der Waals surface area contributed by atoms with E-state index in [-0.39, 0.29) is 6.10 Å². The molecule has 2 atom stereocenters. The lowest BCUT2D eigenvalue weighted by Crippen LogP contribution is -2.34. The molecule has 2 aromatic rings. The summed E-state index contributed by atoms with van der Waals surface area (Å²) in [5.74, 6) is 1.06. The number of aryl methyl sites for hydroxylation is 2. The monoisotopic (exact) mass is 347 g/mol. The van der Waals surface area contributed by atoms with Crippen LogP contribution in [0, 0.1) is 6.92 Å². The fourth-order valence-corrected chi connectivity index (χ4v) is 4.60. The molecule has 1 unspecified atom stereocenters. The van der Waals surface area contributed by atoms with E-state index in [1.165, 1.54) is 15.3 Å². The van der Waals surface area contributed by atoms with Crippen molar-refractivity contribution >= 4 is 11.3 Å². The van der Waals surface area contributed by atoms with Crippen molar-refractivity contribution in [2.45, 2.75) is 57.8 Å². The highest BCUT2D eigenvalue weighted by atomic mass is 32.1. The van der Waals surface area contributed by atoms with Gasteiger partial charge in [-0.1, -0.05) is 5.16 Å². The molecule has 0 spiro atoms. The zero-order valence-corrected chi connectivity index (χ0v) is 14.9. The number of aromatic nitrogens is 1. The Labute approximate surface area is 146 Å². The number of aliphatic hydroxyl groups is 1. The smallest absolute Gasteiger partial charge is 0.140 e. The van der Waals surface area contributed by atoms with Gasteiger partial charge in [0.1, 0.15) is 11.5 Å². The molecule has 24 heavy (non-hydrogen) atoms. The summed E-state index contributed by atoms with van der Waals surface area (Å²) in [6, 6.07) is 4.88. The molecule has 3 heterocycles. The van der Waals surface area contributed by atoms with E-state index >= 15 is 0 Å². The van der Waals surface area contributed by atoms with Crippen molar-refractivity contribution in [1.29, 1.82) is 0 Å². The third-order valence-corrected chi connectivity index (χ3v) is 6.10. The Hall–Kier alpha value is -1.21. The van der Waals surface area contributed by atoms with Crippen LogP contribution in [0.1, 0.15) is 39.6 Å². The van der Waals surface area contributed by atoms with Gasteiger partial charge in [-0.25, -0.2) is 0 Å². The highest BCUT2D eigenvalue weighted by molar-refractivity contribution is 7.11. The van der Waals surface area contributed by atoms with Gasteiger partial charge in [-0.2, -0.15) is 0 Å². The summed E-state index contributed by atoms with van der Waals surface area (Å²) in [4.78, 5) is 5.04. The number of nitrogens with one attached hydrogen (secondary N) is 1. The molecule has 0 amide bonds. The molecule has 1 saturated heterocycles. The van der Waals surface area contributed by atoms with Crippen LogP contribution in [0.5, 0.6) is 0 Å². The van der Waals surface area contributed by atoms with E-state index in [1.54, 1.807) is 0 Å². The number of thiophene rings is 1. The highest BCUT2D eigenvalue weighted by Crippen LogP contribution is 2.27. The van der Waals surface area contributed by atoms with E-state index in [1.807, 2.05) is 11.3 Å². The van der Waals surface area contributed by atoms with Crippen molar-refractivity contribution in [3.8, 4) is 0 Å². The van der Waals surface area contributed by atoms with Gasteiger partial charge in [0.25, 0.3) is 0 Å². The summed E-state index contributed by atoms with van der Waals surface area (Å²) in [6.45, 7) is 5.59. The SMILES string of the molecule is Cc1ccc(CNC2CCc3onc(CN4CC[C@@H](O)C4)c3C2)s1. The Bertz CT molecular complexity index is 696. The van der Waals surface area contributed by atoms with Gasteiger partial charge in [0.2, 0.25) is 0 Å². The summed E-state index contributed by atoms with van der Waals surface area (Å²) >= 11 is 1.86. The highest BCUT2D eigenvalue weighted by Gasteiger charge is 2.28. The van der Waals surface area contributed by atoms with Crippen LogP contribution in [-0.2, 0) is 25.9 Å². The van der Waals surface area contributed by atoms with Crippen molar-refractivity contribution in [3.63, 3.8) is 0 Å². The largest absolute Gasteiger partial charge is 0.392 e. The minimum absolute atomic E-state index is 0.184. The van der Waals surface area contributed by atoms with E-state index in [0.29, 0.717) is 6.04 Å². The molecule has 2 N–H and O–H groups in total. The first kappa shape index (κ1) is 16.3. The van der Waals surface area contributed by atoms with E-state index in [4.69, 9.17) is 4.52 Å². The Morgan fingerprint density at radius 2 is 2.33 bits per heavy atom. The summed E-state index contributed by atoms with van der Waals surface area (Å²) in [5, 5.41) is 17.7. The van der Waals surface area contributed by atoms with Crippen molar-refractivity contribution in [2.75, 3.05) is 13.1 Å². The average molecular weight is 347 g/mol. The van der Waals surface area contributed by atoms with Crippen molar-refractivity contribution in [1.82, 2.24) is 15.4 Å². The molecule has 0 aromatic carbocycles. The number of rotatable bonds is 5. The molecule has 1 aliphatic carbocycles. The lowest BCUT2D eigenvalue weighted by Gasteiger charge is -2.23. The molecule has 0 radical (unpaired) electrons. The molecule has 6 heteroatoms. The second kappa shape index (κ2) is 6.96. The van der Waals surface area contributed by atoms with Crippen molar-refractivity contribution < 1.29 is 9.63 Å². The van der Waals surface area contributed by atoms with Crippen LogP contribution >= 0.6 is 11.3 Å². The van der Waals surface area contributed by atoms with Gasteiger partial charge in [0.15, 0.2) is 0 Å². The maximum Gasteiger partial charge on any atom is 0.140 e. The predicted molar refractivity (Wildman–Crippen MR) is 94.1 cm³/mol. The normalized spacial score (nSPS) is 24.4. The minimum atomic E-state index is -0.184. The number of hydrogen-bond donors (Lipinski definition) is 2. The number of aliphatic hydroxyl groups excluding tert-OH is 1. The summed E-state index contributed by atoms with van der Waals surface area (Å²) in [5.41, 5.74) is 2.36. The topological polar surface area (TPSA) is 61.5 Å². The van der Waals surface area contributed by atoms with Crippen molar-refractivity contribution in [2.24, 2.45) is 0 Å². The van der Waals surface area contributed by atoms with Crippen LogP contribution in [0.25, 0.3) is 0 Å². The lowest BCUT2D eigenvalue weighted by molar-refractivity contribution is 0.173. The molecule has 2 aliphatic rings. The first-order valence-electron chi connectivity index (χ1n) is 8.83. The fourth-order valence-electron chi connectivity index (χ4n) is 3.75. The van der Waals surface area contributed by atoms with Gasteiger partial charge >= 0.3 is 0 Å². The first-order chi connectivity index (χ1) is 11.7. The molecular weight excluding hydrogens is 322 g/mol. The fraction of sp³-hybridized carbons (Fsp3) is 0.611. The standard InChI is InChI=1S/C18H25N3O2S/c1-12-2-4-15(24-12)9-19-13-3-5-18-16(8-13)17(20-23-18)11-21-7-6-14(22)10-21/h2,4,13-14,19,22H,3,5-11H2,1H3/t13?,14-/m1/s1. The molecule has 130 valence electrons. The van der Waals surface area contributed by atoms with Crippen LogP contribution in [0.4, 0.5) is 0 Å². The Balaban J connectivity index is 1.37. The zero-order valence-electron chi connectivity index (χ0n) is 14.1. The second-order valence-electron chi connectivity index (χ2n) is 7.04. The third kappa shape index (κ3) is 3.57. The Morgan fingerprint density at radius 3 is 3.08 bits per heavy atom. The summed E-state index contributed by atoms with van der Waals surface area (Å²) in [6.07, 6.45) is 3.75. The maximum atomic E-state index is 9.69. The molecule has 4 rings (SSSR count). The van der Waals surface area contributed by atoms with Crippen LogP contribution in [0.3, 0.4) is 0 Å². The van der Waals surface area contributed by atoms with Gasteiger partial charge in [-0.3, -0.25) is 4.90 Å². The van der Waals surface area contributed by atoms with Gasteiger partial charge < -0.3 is 14.9 Å². The molecule has 0 bridgehead atoms. The second-order valence-corrected chi connectivity index (χ2v) is 8.41. The van der Waals surface area contributed by atoms with Crippen LogP contribution in [-0.4, -0.2) is 40.4 Å². The number of hydrogen-bond acceptors (Lipinski definition) is 6. The number of likely N-dealkylation sites (tertiary alicyclic amines) is 1. The lowest BCUT2D eigenvalue weighted by atomic mass is 9.92. The molecule has 1 aliphatic heterocycles. The van der Waals surface area contributed by atoms with Gasteiger partial charge in [0, 0.05) is 54.0 Å². The van der Waals surface area contributed by atoms with Gasteiger partial charge in [-0.05, 0) is 38.3 Å². The number of nitrogens with zero attached hydrogens (tertiary/aromatic N) is 2. The van der Waals surface area contributed by atoms with Gasteiger partial charge in [-0.15, -0.1) is 11.3 Å². The molecular formula is C18H25N3O2S. The molecule has 0 saturated carbocycles. The average Bonchev–Trinajstić information content (AvgIpc) is 3.27. The summed E-state index contributed by atoms with van der Waals surface area (Å²) < 4.78 is 5.57. The van der Waals surface area contributed by atoms with Crippen LogP contribution in [0.15, 0.2) is 16.7 Å². The molecule has 5 nitrogen and oxygen atoms in total. The van der Waals surface area contributed by atoms with Gasteiger partial charge in [0.05, 0.1) is 6.10 Å². The Kier molecular flexibility index (Phi) is 4.72. The Morgan fingerprint density at radius 1 is 1.42 bits per heavy atom. The quantitative estimate of drug-likeness (QED) is 0.869. The summed E-state index contributed by atoms with van der Waals surface area (Å²) in [7, 11) is 0. The first-order valence-corrected chi connectivity index (χ1v) is 9.64. The van der Waals surface area contributed by atoms with E-state index < -0.39 is 0 Å². The maximum absolute atomic E-state index is 9.69.